The lowest BCUT2D eigenvalue weighted by molar-refractivity contribution is -0.223. The van der Waals surface area contributed by atoms with Crippen molar-refractivity contribution in [1.82, 2.24) is 10.2 Å². The van der Waals surface area contributed by atoms with Crippen molar-refractivity contribution in [2.24, 2.45) is 0 Å². The Kier molecular flexibility index (Phi) is 6.95. The number of benzene rings is 2. The van der Waals surface area contributed by atoms with E-state index < -0.39 is 11.8 Å². The quantitative estimate of drug-likeness (QED) is 0.115. The van der Waals surface area contributed by atoms with Gasteiger partial charge in [-0.3, -0.25) is 35.1 Å². The maximum Gasteiger partial charge on any atom is 0.261 e. The van der Waals surface area contributed by atoms with E-state index in [9.17, 15) is 9.59 Å². The van der Waals surface area contributed by atoms with Gasteiger partial charge in [0.1, 0.15) is 13.3 Å². The van der Waals surface area contributed by atoms with Crippen LogP contribution in [0.25, 0.3) is 10.8 Å². The van der Waals surface area contributed by atoms with Crippen molar-refractivity contribution in [1.29, 1.82) is 5.41 Å². The molecule has 3 rings (SSSR count). The Morgan fingerprint density at radius 1 is 1.13 bits per heavy atom. The largest absolute Gasteiger partial charge is 0.369 e. The first kappa shape index (κ1) is 21.7. The van der Waals surface area contributed by atoms with Crippen molar-refractivity contribution in [3.05, 3.63) is 41.5 Å². The average Bonchev–Trinajstić information content (AvgIpc) is 2.73. The minimum Gasteiger partial charge on any atom is -0.369 e. The number of amides is 2. The highest BCUT2D eigenvalue weighted by Crippen LogP contribution is 2.35. The molecule has 0 unspecified atom stereocenters. The zero-order chi connectivity index (χ0) is 21.7. The first-order valence-electron chi connectivity index (χ1n) is 9.28. The number of carbonyl (C=O) groups excluding carboxylic acids is 2. The highest BCUT2D eigenvalue weighted by molar-refractivity contribution is 6.26. The Balaban J connectivity index is 1.86. The van der Waals surface area contributed by atoms with Crippen LogP contribution in [-0.4, -0.2) is 63.4 Å². The lowest BCUT2D eigenvalue weighted by Gasteiger charge is -2.28. The Morgan fingerprint density at radius 3 is 2.57 bits per heavy atom. The number of hydrogen-bond donors (Lipinski definition) is 2. The summed E-state index contributed by atoms with van der Waals surface area (Å²) in [7, 11) is 3.33. The van der Waals surface area contributed by atoms with Gasteiger partial charge in [-0.05, 0) is 18.2 Å². The van der Waals surface area contributed by atoms with Crippen LogP contribution < -0.4 is 10.4 Å². The van der Waals surface area contributed by atoms with Gasteiger partial charge in [0.2, 0.25) is 5.90 Å². The third-order valence-electron chi connectivity index (χ3n) is 4.50. The molecule has 0 aromatic heterocycles. The minimum atomic E-state index is -0.407. The Morgan fingerprint density at radius 2 is 1.87 bits per heavy atom. The molecule has 1 aliphatic heterocycles. The molecular formula is C20H24N4O6. The fourth-order valence-electron chi connectivity index (χ4n) is 3.22. The normalized spacial score (nSPS) is 13.1. The predicted molar refractivity (Wildman–Crippen MR) is 109 cm³/mol. The number of nitrogens with one attached hydrogen (secondary N) is 2. The number of carbonyl (C=O) groups is 2. The number of imide groups is 1. The molecule has 30 heavy (non-hydrogen) atoms. The lowest BCUT2D eigenvalue weighted by Crippen LogP contribution is -2.42. The van der Waals surface area contributed by atoms with Gasteiger partial charge in [-0.15, -0.1) is 0 Å². The summed E-state index contributed by atoms with van der Waals surface area (Å²) in [5.41, 5.74) is 1.58. The van der Waals surface area contributed by atoms with Crippen LogP contribution in [0.1, 0.15) is 27.6 Å². The van der Waals surface area contributed by atoms with E-state index in [4.69, 9.17) is 19.9 Å². The summed E-state index contributed by atoms with van der Waals surface area (Å²) >= 11 is 0. The molecule has 2 aromatic rings. The van der Waals surface area contributed by atoms with Crippen LogP contribution in [0.4, 0.5) is 5.69 Å². The van der Waals surface area contributed by atoms with E-state index in [1.807, 2.05) is 6.07 Å². The van der Waals surface area contributed by atoms with Gasteiger partial charge in [0.25, 0.3) is 11.8 Å². The second kappa shape index (κ2) is 9.63. The van der Waals surface area contributed by atoms with Crippen LogP contribution >= 0.6 is 0 Å². The Hall–Kier alpha value is -3.05. The van der Waals surface area contributed by atoms with Crippen molar-refractivity contribution in [2.75, 3.05) is 45.8 Å². The van der Waals surface area contributed by atoms with Gasteiger partial charge in [-0.1, -0.05) is 12.1 Å². The maximum absolute atomic E-state index is 13.0. The standard InChI is InChI=1S/C20H24N4O6/c1-13(21)30-29-10-9-24-19(25)15-6-4-5-14-17(23(2)28-12-22-11-27-3)8-7-16(18(14)15)20(24)26/h4-8,21-22H,9-12H2,1-3H3. The van der Waals surface area contributed by atoms with Crippen LogP contribution in [0.2, 0.25) is 0 Å². The number of ether oxygens (including phenoxy) is 1. The molecule has 0 radical (unpaired) electrons. The van der Waals surface area contributed by atoms with Gasteiger partial charge in [0.05, 0.1) is 19.0 Å². The molecule has 2 aromatic carbocycles. The van der Waals surface area contributed by atoms with Crippen LogP contribution in [-0.2, 0) is 19.3 Å². The van der Waals surface area contributed by atoms with Gasteiger partial charge in [-0.2, -0.15) is 4.89 Å². The molecule has 0 bridgehead atoms. The SMILES string of the molecule is COCNCON(C)c1ccc2c3c(cccc13)C(=O)N(CCOOC(C)=N)C2=O. The molecule has 0 atom stereocenters. The third kappa shape index (κ3) is 4.41. The highest BCUT2D eigenvalue weighted by Gasteiger charge is 2.33. The molecule has 0 aliphatic carbocycles. The van der Waals surface area contributed by atoms with Gasteiger partial charge in [0, 0.05) is 43.0 Å². The van der Waals surface area contributed by atoms with Gasteiger partial charge >= 0.3 is 0 Å². The second-order valence-corrected chi connectivity index (χ2v) is 6.54. The van der Waals surface area contributed by atoms with Crippen molar-refractivity contribution in [3.63, 3.8) is 0 Å². The zero-order valence-corrected chi connectivity index (χ0v) is 17.1. The molecule has 0 spiro atoms. The van der Waals surface area contributed by atoms with Crippen molar-refractivity contribution >= 4 is 34.2 Å². The van der Waals surface area contributed by atoms with E-state index in [1.165, 1.54) is 6.92 Å². The van der Waals surface area contributed by atoms with Gasteiger partial charge in [0.15, 0.2) is 0 Å². The minimum absolute atomic E-state index is 0.0106. The lowest BCUT2D eigenvalue weighted by atomic mass is 9.93. The molecule has 0 fully saturated rings. The summed E-state index contributed by atoms with van der Waals surface area (Å²) < 4.78 is 4.92. The number of hydroxylamine groups is 1. The fourth-order valence-corrected chi connectivity index (χ4v) is 3.22. The van der Waals surface area contributed by atoms with Crippen LogP contribution in [0.5, 0.6) is 0 Å². The molecular weight excluding hydrogens is 392 g/mol. The molecule has 10 heteroatoms. The third-order valence-corrected chi connectivity index (χ3v) is 4.50. The topological polar surface area (TPSA) is 113 Å². The average molecular weight is 416 g/mol. The van der Waals surface area contributed by atoms with E-state index in [-0.39, 0.29) is 25.8 Å². The predicted octanol–water partition coefficient (Wildman–Crippen LogP) is 1.90. The summed E-state index contributed by atoms with van der Waals surface area (Å²) in [6.45, 7) is 1.97. The van der Waals surface area contributed by atoms with Crippen molar-refractivity contribution in [3.8, 4) is 0 Å². The van der Waals surface area contributed by atoms with E-state index in [2.05, 4.69) is 10.2 Å². The first-order chi connectivity index (χ1) is 14.5. The summed E-state index contributed by atoms with van der Waals surface area (Å²) in [6.07, 6.45) is 0. The zero-order valence-electron chi connectivity index (χ0n) is 17.1. The van der Waals surface area contributed by atoms with Crippen molar-refractivity contribution < 1.29 is 28.9 Å². The first-order valence-corrected chi connectivity index (χ1v) is 9.28. The smallest absolute Gasteiger partial charge is 0.261 e. The molecule has 2 amide bonds. The van der Waals surface area contributed by atoms with Crippen LogP contribution in [0.15, 0.2) is 30.3 Å². The van der Waals surface area contributed by atoms with Crippen LogP contribution in [0.3, 0.4) is 0 Å². The molecule has 10 nitrogen and oxygen atoms in total. The molecule has 1 aliphatic rings. The maximum atomic E-state index is 13.0. The molecule has 0 saturated carbocycles. The summed E-state index contributed by atoms with van der Waals surface area (Å²) in [5.74, 6) is -0.927. The number of hydrogen-bond acceptors (Lipinski definition) is 9. The Bertz CT molecular complexity index is 941. The number of methoxy groups -OCH3 is 1. The van der Waals surface area contributed by atoms with Gasteiger partial charge in [-0.25, -0.2) is 0 Å². The monoisotopic (exact) mass is 416 g/mol. The van der Waals surface area contributed by atoms with E-state index in [0.717, 1.165) is 16.0 Å². The number of rotatable bonds is 10. The molecule has 0 saturated heterocycles. The Labute approximate surface area is 173 Å². The summed E-state index contributed by atoms with van der Waals surface area (Å²) in [5, 5.41) is 13.0. The van der Waals surface area contributed by atoms with Crippen molar-refractivity contribution in [2.45, 2.75) is 6.92 Å². The molecule has 160 valence electrons. The second-order valence-electron chi connectivity index (χ2n) is 6.54. The molecule has 2 N–H and O–H groups in total. The van der Waals surface area contributed by atoms with E-state index in [0.29, 0.717) is 23.2 Å². The summed E-state index contributed by atoms with van der Waals surface area (Å²) in [6, 6.07) is 8.77. The van der Waals surface area contributed by atoms with E-state index >= 15 is 0 Å². The van der Waals surface area contributed by atoms with Crippen LogP contribution in [0, 0.1) is 5.41 Å². The fraction of sp³-hybridized carbons (Fsp3) is 0.350. The number of nitrogens with zero attached hydrogens (tertiary/aromatic N) is 2. The number of anilines is 1. The van der Waals surface area contributed by atoms with Gasteiger partial charge < -0.3 is 9.62 Å². The highest BCUT2D eigenvalue weighted by atomic mass is 17.2. The summed E-state index contributed by atoms with van der Waals surface area (Å²) in [4.78, 5) is 42.2. The van der Waals surface area contributed by atoms with E-state index in [1.54, 1.807) is 43.5 Å². The molecule has 1 heterocycles.